The van der Waals surface area contributed by atoms with Gasteiger partial charge in [0.2, 0.25) is 0 Å². The van der Waals surface area contributed by atoms with Gasteiger partial charge >= 0.3 is 0 Å². The fourth-order valence-electron chi connectivity index (χ4n) is 2.15. The van der Waals surface area contributed by atoms with Crippen LogP contribution in [0.2, 0.25) is 5.02 Å². The molecule has 0 aliphatic rings. The molecule has 0 heterocycles. The van der Waals surface area contributed by atoms with Crippen molar-refractivity contribution >= 4 is 11.6 Å². The fourth-order valence-corrected chi connectivity index (χ4v) is 2.37. The van der Waals surface area contributed by atoms with Crippen molar-refractivity contribution in [2.45, 2.75) is 26.3 Å². The Kier molecular flexibility index (Phi) is 4.59. The van der Waals surface area contributed by atoms with Crippen LogP contribution in [0.25, 0.3) is 0 Å². The largest absolute Gasteiger partial charge is 0.271 e. The topological polar surface area (TPSA) is 38.0 Å². The lowest BCUT2D eigenvalue weighted by molar-refractivity contribution is 0.551. The van der Waals surface area contributed by atoms with Crippen LogP contribution >= 0.6 is 11.6 Å². The van der Waals surface area contributed by atoms with Crippen molar-refractivity contribution in [1.82, 2.24) is 5.43 Å². The summed E-state index contributed by atoms with van der Waals surface area (Å²) in [6, 6.07) is 14.4. The molecule has 0 fully saturated rings. The van der Waals surface area contributed by atoms with E-state index in [2.05, 4.69) is 43.5 Å². The normalized spacial score (nSPS) is 12.4. The van der Waals surface area contributed by atoms with E-state index in [9.17, 15) is 0 Å². The third kappa shape index (κ3) is 3.57. The predicted molar refractivity (Wildman–Crippen MR) is 81.1 cm³/mol. The highest BCUT2D eigenvalue weighted by Crippen LogP contribution is 2.21. The summed E-state index contributed by atoms with van der Waals surface area (Å²) in [5.74, 6) is 5.70. The Morgan fingerprint density at radius 1 is 1.11 bits per heavy atom. The van der Waals surface area contributed by atoms with Crippen molar-refractivity contribution in [3.8, 4) is 0 Å². The van der Waals surface area contributed by atoms with Gasteiger partial charge in [-0.3, -0.25) is 11.3 Å². The van der Waals surface area contributed by atoms with Crippen LogP contribution in [0.3, 0.4) is 0 Å². The molecule has 0 radical (unpaired) electrons. The highest BCUT2D eigenvalue weighted by atomic mass is 35.5. The molecule has 19 heavy (non-hydrogen) atoms. The minimum atomic E-state index is 0.0952. The molecule has 2 aromatic rings. The zero-order chi connectivity index (χ0) is 13.8. The fraction of sp³-hybridized carbons (Fsp3) is 0.250. The highest BCUT2D eigenvalue weighted by Gasteiger charge is 2.11. The average Bonchev–Trinajstić information content (AvgIpc) is 2.39. The lowest BCUT2D eigenvalue weighted by Gasteiger charge is -2.18. The highest BCUT2D eigenvalue weighted by molar-refractivity contribution is 6.30. The van der Waals surface area contributed by atoms with Gasteiger partial charge in [0.25, 0.3) is 0 Å². The molecule has 2 rings (SSSR count). The van der Waals surface area contributed by atoms with Crippen molar-refractivity contribution in [3.63, 3.8) is 0 Å². The molecule has 0 aliphatic heterocycles. The molecule has 3 heteroatoms. The third-order valence-corrected chi connectivity index (χ3v) is 3.70. The first-order chi connectivity index (χ1) is 9.10. The van der Waals surface area contributed by atoms with Crippen LogP contribution in [0.4, 0.5) is 0 Å². The second-order valence-electron chi connectivity index (χ2n) is 4.90. The summed E-state index contributed by atoms with van der Waals surface area (Å²) in [4.78, 5) is 0. The maximum atomic E-state index is 6.01. The molecule has 2 aromatic carbocycles. The van der Waals surface area contributed by atoms with Gasteiger partial charge in [-0.1, -0.05) is 41.9 Å². The smallest absolute Gasteiger partial charge is 0.0500 e. The summed E-state index contributed by atoms with van der Waals surface area (Å²) < 4.78 is 0. The van der Waals surface area contributed by atoms with E-state index in [1.165, 1.54) is 22.3 Å². The van der Waals surface area contributed by atoms with Gasteiger partial charge in [-0.05, 0) is 54.7 Å². The Morgan fingerprint density at radius 2 is 1.89 bits per heavy atom. The molecule has 0 spiro atoms. The second kappa shape index (κ2) is 6.20. The van der Waals surface area contributed by atoms with Crippen LogP contribution in [-0.2, 0) is 6.42 Å². The van der Waals surface area contributed by atoms with E-state index in [4.69, 9.17) is 17.4 Å². The van der Waals surface area contributed by atoms with Crippen LogP contribution in [0.1, 0.15) is 28.3 Å². The number of nitrogens with one attached hydrogen (secondary N) is 1. The van der Waals surface area contributed by atoms with E-state index in [0.29, 0.717) is 0 Å². The molecule has 3 N–H and O–H groups in total. The standard InChI is InChI=1S/C16H19ClN2/c1-11-6-7-14(8-12(11)2)16(19-18)10-13-4-3-5-15(17)9-13/h3-9,16,19H,10,18H2,1-2H3. The number of hydrogen-bond acceptors (Lipinski definition) is 2. The molecule has 100 valence electrons. The van der Waals surface area contributed by atoms with E-state index in [0.717, 1.165) is 11.4 Å². The zero-order valence-electron chi connectivity index (χ0n) is 11.3. The first-order valence-electron chi connectivity index (χ1n) is 6.38. The van der Waals surface area contributed by atoms with Crippen LogP contribution in [0, 0.1) is 13.8 Å². The molecular formula is C16H19ClN2. The van der Waals surface area contributed by atoms with Crippen molar-refractivity contribution < 1.29 is 0 Å². The third-order valence-electron chi connectivity index (χ3n) is 3.46. The van der Waals surface area contributed by atoms with E-state index in [1.54, 1.807) is 0 Å². The lowest BCUT2D eigenvalue weighted by atomic mass is 9.96. The quantitative estimate of drug-likeness (QED) is 0.659. The van der Waals surface area contributed by atoms with Crippen molar-refractivity contribution in [2.24, 2.45) is 5.84 Å². The lowest BCUT2D eigenvalue weighted by Crippen LogP contribution is -2.29. The van der Waals surface area contributed by atoms with E-state index in [1.807, 2.05) is 18.2 Å². The van der Waals surface area contributed by atoms with E-state index < -0.39 is 0 Å². The first kappa shape index (κ1) is 14.1. The summed E-state index contributed by atoms with van der Waals surface area (Å²) >= 11 is 6.01. The SMILES string of the molecule is Cc1ccc(C(Cc2cccc(Cl)c2)NN)cc1C. The Bertz CT molecular complexity index is 566. The summed E-state index contributed by atoms with van der Waals surface area (Å²) in [5.41, 5.74) is 7.84. The Morgan fingerprint density at radius 3 is 2.53 bits per heavy atom. The number of hydrazine groups is 1. The molecule has 1 atom stereocenters. The van der Waals surface area contributed by atoms with Crippen LogP contribution in [-0.4, -0.2) is 0 Å². The van der Waals surface area contributed by atoms with Gasteiger partial charge < -0.3 is 0 Å². The zero-order valence-corrected chi connectivity index (χ0v) is 12.0. The average molecular weight is 275 g/mol. The Labute approximate surface area is 119 Å². The van der Waals surface area contributed by atoms with E-state index >= 15 is 0 Å². The van der Waals surface area contributed by atoms with Crippen LogP contribution in [0.15, 0.2) is 42.5 Å². The molecule has 2 nitrogen and oxygen atoms in total. The number of aryl methyl sites for hydroxylation is 2. The summed E-state index contributed by atoms with van der Waals surface area (Å²) in [7, 11) is 0. The minimum Gasteiger partial charge on any atom is -0.271 e. The van der Waals surface area contributed by atoms with Gasteiger partial charge in [-0.15, -0.1) is 0 Å². The van der Waals surface area contributed by atoms with Crippen molar-refractivity contribution in [2.75, 3.05) is 0 Å². The van der Waals surface area contributed by atoms with Crippen molar-refractivity contribution in [1.29, 1.82) is 0 Å². The predicted octanol–water partition coefficient (Wildman–Crippen LogP) is 3.70. The number of benzene rings is 2. The van der Waals surface area contributed by atoms with Gasteiger partial charge in [-0.25, -0.2) is 0 Å². The molecule has 1 unspecified atom stereocenters. The second-order valence-corrected chi connectivity index (χ2v) is 5.33. The molecule has 0 aromatic heterocycles. The van der Waals surface area contributed by atoms with Crippen LogP contribution in [0.5, 0.6) is 0 Å². The Hall–Kier alpha value is -1.35. The van der Waals surface area contributed by atoms with Gasteiger partial charge in [0.1, 0.15) is 0 Å². The van der Waals surface area contributed by atoms with Crippen LogP contribution < -0.4 is 11.3 Å². The molecule has 0 amide bonds. The van der Waals surface area contributed by atoms with Gasteiger partial charge in [0, 0.05) is 11.1 Å². The van der Waals surface area contributed by atoms with Crippen molar-refractivity contribution in [3.05, 3.63) is 69.7 Å². The summed E-state index contributed by atoms with van der Waals surface area (Å²) in [6.45, 7) is 4.23. The molecular weight excluding hydrogens is 256 g/mol. The van der Waals surface area contributed by atoms with Gasteiger partial charge in [0.15, 0.2) is 0 Å². The molecule has 0 aliphatic carbocycles. The Balaban J connectivity index is 2.22. The molecule has 0 saturated carbocycles. The summed E-state index contributed by atoms with van der Waals surface area (Å²) in [6.07, 6.45) is 0.819. The maximum absolute atomic E-state index is 6.01. The molecule has 0 bridgehead atoms. The number of halogens is 1. The monoisotopic (exact) mass is 274 g/mol. The molecule has 0 saturated heterocycles. The maximum Gasteiger partial charge on any atom is 0.0500 e. The summed E-state index contributed by atoms with van der Waals surface area (Å²) in [5, 5.41) is 0.758. The number of hydrogen-bond donors (Lipinski definition) is 2. The first-order valence-corrected chi connectivity index (χ1v) is 6.75. The minimum absolute atomic E-state index is 0.0952. The van der Waals surface area contributed by atoms with Gasteiger partial charge in [-0.2, -0.15) is 0 Å². The van der Waals surface area contributed by atoms with E-state index in [-0.39, 0.29) is 6.04 Å². The number of nitrogens with two attached hydrogens (primary N) is 1. The number of rotatable bonds is 4. The van der Waals surface area contributed by atoms with Gasteiger partial charge in [0.05, 0.1) is 0 Å².